The highest BCUT2D eigenvalue weighted by atomic mass is 19.4. The highest BCUT2D eigenvalue weighted by molar-refractivity contribution is 6.10. The highest BCUT2D eigenvalue weighted by Gasteiger charge is 2.51. The van der Waals surface area contributed by atoms with Crippen molar-refractivity contribution in [3.8, 4) is 5.75 Å². The Morgan fingerprint density at radius 3 is 2.55 bits per heavy atom. The van der Waals surface area contributed by atoms with E-state index in [4.69, 9.17) is 9.47 Å². The van der Waals surface area contributed by atoms with Gasteiger partial charge in [0.2, 0.25) is 0 Å². The van der Waals surface area contributed by atoms with Crippen molar-refractivity contribution in [1.29, 1.82) is 0 Å². The number of aryl methyl sites for hydroxylation is 1. The van der Waals surface area contributed by atoms with Crippen molar-refractivity contribution in [2.45, 2.75) is 88.4 Å². The molecule has 3 aliphatic rings. The molecule has 234 valence electrons. The van der Waals surface area contributed by atoms with Gasteiger partial charge >= 0.3 is 6.18 Å². The van der Waals surface area contributed by atoms with Crippen molar-refractivity contribution in [1.82, 2.24) is 20.1 Å². The predicted molar refractivity (Wildman–Crippen MR) is 160 cm³/mol. The molecule has 0 bridgehead atoms. The Kier molecular flexibility index (Phi) is 7.60. The number of nitrogens with zero attached hydrogens (tertiary/aromatic N) is 4. The maximum atomic E-state index is 14.4. The quantitative estimate of drug-likeness (QED) is 0.281. The molecule has 0 unspecified atom stereocenters. The van der Waals surface area contributed by atoms with Gasteiger partial charge in [0.15, 0.2) is 0 Å². The Balaban J connectivity index is 1.41. The largest absolute Gasteiger partial charge is 0.487 e. The molecule has 3 aromatic rings. The molecule has 44 heavy (non-hydrogen) atoms. The minimum Gasteiger partial charge on any atom is -0.487 e. The van der Waals surface area contributed by atoms with Crippen LogP contribution in [0.1, 0.15) is 84.4 Å². The normalized spacial score (nSPS) is 23.1. The number of methoxy groups -OCH3 is 1. The van der Waals surface area contributed by atoms with E-state index in [1.807, 2.05) is 30.7 Å². The lowest BCUT2D eigenvalue weighted by Crippen LogP contribution is -2.48. The van der Waals surface area contributed by atoms with Crippen molar-refractivity contribution in [2.24, 2.45) is 7.05 Å². The van der Waals surface area contributed by atoms with E-state index in [1.54, 1.807) is 31.6 Å². The zero-order valence-corrected chi connectivity index (χ0v) is 25.5. The average molecular weight is 610 g/mol. The van der Waals surface area contributed by atoms with Crippen LogP contribution >= 0.6 is 0 Å². The average Bonchev–Trinajstić information content (AvgIpc) is 3.52. The molecule has 2 aliphatic carbocycles. The minimum atomic E-state index is -4.61. The van der Waals surface area contributed by atoms with Gasteiger partial charge < -0.3 is 24.3 Å². The van der Waals surface area contributed by atoms with Crippen LogP contribution in [0.4, 0.5) is 18.9 Å². The first-order valence-corrected chi connectivity index (χ1v) is 15.0. The molecule has 6 rings (SSSR count). The smallest absolute Gasteiger partial charge is 0.416 e. The molecule has 11 heteroatoms. The molecule has 2 fully saturated rings. The molecule has 0 spiro atoms. The zero-order chi connectivity index (χ0) is 31.4. The number of hydrogen-bond donors (Lipinski definition) is 1. The molecular formula is C33H38F3N5O3. The second-order valence-electron chi connectivity index (χ2n) is 12.7. The SMILES string of the molecule is C=C[C@@H](C)Oc1cc(N2Cc3c(cc(CNC4(C)CCC4)cc3C(F)(F)F)C2=O)cc(C2(c3nncn3C)CC(OC)C2)c1. The van der Waals surface area contributed by atoms with E-state index in [0.29, 0.717) is 29.8 Å². The summed E-state index contributed by atoms with van der Waals surface area (Å²) in [5.41, 5.74) is 0.338. The number of fused-ring (bicyclic) bond motifs is 1. The Morgan fingerprint density at radius 2 is 1.95 bits per heavy atom. The molecular weight excluding hydrogens is 571 g/mol. The highest BCUT2D eigenvalue weighted by Crippen LogP contribution is 2.51. The summed E-state index contributed by atoms with van der Waals surface area (Å²) in [6, 6.07) is 8.27. The summed E-state index contributed by atoms with van der Waals surface area (Å²) in [4.78, 5) is 15.4. The van der Waals surface area contributed by atoms with Crippen LogP contribution in [0.5, 0.6) is 5.75 Å². The second kappa shape index (κ2) is 11.0. The van der Waals surface area contributed by atoms with Crippen LogP contribution in [0.3, 0.4) is 0 Å². The fourth-order valence-corrected chi connectivity index (χ4v) is 6.73. The topological polar surface area (TPSA) is 81.5 Å². The number of halogens is 3. The standard InChI is InChI=1S/C33H38F3N5O3/c1-6-20(2)44-24-13-22(32(15-25(16-32)43-5)30-39-38-19-40(30)4)12-23(14-24)41-18-27-26(29(41)42)10-21(11-28(27)33(34,35)36)17-37-31(3)8-7-9-31/h6,10-14,19-20,25,37H,1,7-9,15-18H2,2-5H3/t20-,25?,32?/m1/s1. The lowest BCUT2D eigenvalue weighted by molar-refractivity contribution is -0.138. The van der Waals surface area contributed by atoms with Crippen molar-refractivity contribution < 1.29 is 27.4 Å². The number of aromatic nitrogens is 3. The summed E-state index contributed by atoms with van der Waals surface area (Å²) >= 11 is 0. The van der Waals surface area contributed by atoms with Gasteiger partial charge in [0.25, 0.3) is 5.91 Å². The Bertz CT molecular complexity index is 1590. The Morgan fingerprint density at radius 1 is 1.20 bits per heavy atom. The summed E-state index contributed by atoms with van der Waals surface area (Å²) in [5, 5.41) is 11.9. The fourth-order valence-electron chi connectivity index (χ4n) is 6.73. The lowest BCUT2D eigenvalue weighted by Gasteiger charge is -2.46. The number of anilines is 1. The summed E-state index contributed by atoms with van der Waals surface area (Å²) in [7, 11) is 3.53. The molecule has 1 amide bonds. The zero-order valence-electron chi connectivity index (χ0n) is 25.5. The van der Waals surface area contributed by atoms with Crippen molar-refractivity contribution in [3.05, 3.63) is 83.0 Å². The Hall–Kier alpha value is -3.70. The van der Waals surface area contributed by atoms with Crippen LogP contribution in [0.15, 0.2) is 49.3 Å². The van der Waals surface area contributed by atoms with E-state index in [2.05, 4.69) is 29.0 Å². The first kappa shape index (κ1) is 30.3. The molecule has 0 radical (unpaired) electrons. The summed E-state index contributed by atoms with van der Waals surface area (Å²) in [5.74, 6) is 0.738. The number of carbonyl (C=O) groups excluding carboxylic acids is 1. The summed E-state index contributed by atoms with van der Waals surface area (Å²) in [6.45, 7) is 7.78. The van der Waals surface area contributed by atoms with Crippen molar-refractivity contribution >= 4 is 11.6 Å². The minimum absolute atomic E-state index is 0.00642. The maximum absolute atomic E-state index is 14.4. The monoisotopic (exact) mass is 609 g/mol. The number of carbonyl (C=O) groups is 1. The van der Waals surface area contributed by atoms with Crippen LogP contribution in [0.25, 0.3) is 0 Å². The van der Waals surface area contributed by atoms with Crippen LogP contribution in [0, 0.1) is 0 Å². The molecule has 1 atom stereocenters. The first-order valence-electron chi connectivity index (χ1n) is 15.0. The van der Waals surface area contributed by atoms with Crippen LogP contribution in [-0.4, -0.2) is 45.5 Å². The van der Waals surface area contributed by atoms with Crippen molar-refractivity contribution in [2.75, 3.05) is 12.0 Å². The van der Waals surface area contributed by atoms with Gasteiger partial charge in [-0.05, 0) is 86.9 Å². The van der Waals surface area contributed by atoms with Gasteiger partial charge in [0, 0.05) is 43.6 Å². The number of amides is 1. The molecule has 1 aliphatic heterocycles. The Labute approximate surface area is 255 Å². The van der Waals surface area contributed by atoms with Crippen LogP contribution in [0.2, 0.25) is 0 Å². The van der Waals surface area contributed by atoms with Gasteiger partial charge in [-0.1, -0.05) is 12.7 Å². The number of rotatable bonds is 10. The molecule has 8 nitrogen and oxygen atoms in total. The lowest BCUT2D eigenvalue weighted by atomic mass is 9.62. The van der Waals surface area contributed by atoms with Gasteiger partial charge in [0.05, 0.1) is 23.6 Å². The summed E-state index contributed by atoms with van der Waals surface area (Å²) in [6.07, 6.45) is 2.62. The molecule has 2 aromatic carbocycles. The van der Waals surface area contributed by atoms with Crippen molar-refractivity contribution in [3.63, 3.8) is 0 Å². The number of ether oxygens (including phenoxy) is 2. The molecule has 1 aromatic heterocycles. The molecule has 2 saturated carbocycles. The number of hydrogen-bond acceptors (Lipinski definition) is 6. The molecule has 2 heterocycles. The second-order valence-corrected chi connectivity index (χ2v) is 12.7. The van der Waals surface area contributed by atoms with Gasteiger partial charge in [-0.2, -0.15) is 13.2 Å². The number of benzene rings is 2. The van der Waals surface area contributed by atoms with Crippen LogP contribution in [-0.2, 0) is 36.5 Å². The number of nitrogens with one attached hydrogen (secondary N) is 1. The summed E-state index contributed by atoms with van der Waals surface area (Å²) < 4.78 is 56.9. The van der Waals surface area contributed by atoms with E-state index in [-0.39, 0.29) is 42.0 Å². The fraction of sp³-hybridized carbons (Fsp3) is 0.485. The third kappa shape index (κ3) is 5.30. The molecule has 0 saturated heterocycles. The van der Waals surface area contributed by atoms with E-state index < -0.39 is 23.1 Å². The van der Waals surface area contributed by atoms with Gasteiger partial charge in [-0.3, -0.25) is 4.79 Å². The maximum Gasteiger partial charge on any atom is 0.416 e. The van der Waals surface area contributed by atoms with Gasteiger partial charge in [0.1, 0.15) is 24.0 Å². The number of alkyl halides is 3. The van der Waals surface area contributed by atoms with E-state index in [1.165, 1.54) is 11.0 Å². The predicted octanol–water partition coefficient (Wildman–Crippen LogP) is 6.07. The molecule has 1 N–H and O–H groups in total. The van der Waals surface area contributed by atoms with E-state index in [0.717, 1.165) is 30.7 Å². The van der Waals surface area contributed by atoms with Gasteiger partial charge in [-0.25, -0.2) is 0 Å². The third-order valence-corrected chi connectivity index (χ3v) is 9.62. The van der Waals surface area contributed by atoms with E-state index >= 15 is 0 Å². The first-order chi connectivity index (χ1) is 20.9. The third-order valence-electron chi connectivity index (χ3n) is 9.62. The van der Waals surface area contributed by atoms with Crippen LogP contribution < -0.4 is 15.0 Å². The van der Waals surface area contributed by atoms with E-state index in [9.17, 15) is 18.0 Å². The van der Waals surface area contributed by atoms with Gasteiger partial charge in [-0.15, -0.1) is 10.2 Å².